The van der Waals surface area contributed by atoms with Gasteiger partial charge in [-0.25, -0.2) is 9.97 Å². The molecule has 0 fully saturated rings. The van der Waals surface area contributed by atoms with Gasteiger partial charge >= 0.3 is 0 Å². The van der Waals surface area contributed by atoms with E-state index in [-0.39, 0.29) is 0 Å². The van der Waals surface area contributed by atoms with Crippen molar-refractivity contribution in [3.8, 4) is 45.4 Å². The Labute approximate surface area is 218 Å². The van der Waals surface area contributed by atoms with Crippen LogP contribution >= 0.6 is 0 Å². The fourth-order valence-electron chi connectivity index (χ4n) is 4.26. The molecule has 5 aromatic heterocycles. The summed E-state index contributed by atoms with van der Waals surface area (Å²) >= 11 is 0. The van der Waals surface area contributed by atoms with E-state index in [0.29, 0.717) is 29.4 Å². The summed E-state index contributed by atoms with van der Waals surface area (Å²) in [6.45, 7) is 1.40. The molecule has 190 valence electrons. The number of aromatic nitrogens is 7. The van der Waals surface area contributed by atoms with Gasteiger partial charge in [0, 0.05) is 30.1 Å². The van der Waals surface area contributed by atoms with Crippen LogP contribution in [0.2, 0.25) is 0 Å². The Bertz CT molecular complexity index is 1740. The van der Waals surface area contributed by atoms with Gasteiger partial charge in [-0.05, 0) is 50.0 Å². The molecule has 0 saturated heterocycles. The summed E-state index contributed by atoms with van der Waals surface area (Å²) in [6, 6.07) is 13.7. The maximum Gasteiger partial charge on any atom is 0.161 e. The first-order valence-electron chi connectivity index (χ1n) is 12.2. The summed E-state index contributed by atoms with van der Waals surface area (Å²) in [4.78, 5) is 24.0. The lowest BCUT2D eigenvalue weighted by Gasteiger charge is -2.11. The van der Waals surface area contributed by atoms with Crippen molar-refractivity contribution in [1.29, 1.82) is 0 Å². The third-order valence-electron chi connectivity index (χ3n) is 6.22. The minimum Gasteiger partial charge on any atom is -0.497 e. The van der Waals surface area contributed by atoms with Crippen LogP contribution in [0.3, 0.4) is 0 Å². The molecule has 6 aromatic rings. The molecule has 6 rings (SSSR count). The number of ether oxygens (including phenoxy) is 2. The van der Waals surface area contributed by atoms with E-state index >= 15 is 0 Å². The zero-order valence-corrected chi connectivity index (χ0v) is 21.3. The van der Waals surface area contributed by atoms with Crippen molar-refractivity contribution in [3.63, 3.8) is 0 Å². The number of fused-ring (bicyclic) bond motifs is 2. The molecule has 0 unspecified atom stereocenters. The minimum absolute atomic E-state index is 0.579. The second-order valence-corrected chi connectivity index (χ2v) is 9.13. The van der Waals surface area contributed by atoms with Gasteiger partial charge < -0.3 is 19.4 Å². The molecular weight excluding hydrogens is 480 g/mol. The molecule has 0 spiro atoms. The molecule has 10 nitrogen and oxygen atoms in total. The smallest absolute Gasteiger partial charge is 0.161 e. The molecule has 0 bridgehead atoms. The van der Waals surface area contributed by atoms with E-state index in [9.17, 15) is 0 Å². The van der Waals surface area contributed by atoms with Gasteiger partial charge in [0.2, 0.25) is 0 Å². The maximum absolute atomic E-state index is 5.86. The number of rotatable bonds is 8. The Morgan fingerprint density at radius 3 is 2.58 bits per heavy atom. The lowest BCUT2D eigenvalue weighted by molar-refractivity contribution is 0.261. The van der Waals surface area contributed by atoms with Crippen LogP contribution in [0, 0.1) is 0 Å². The number of hydrogen-bond acceptors (Lipinski definition) is 8. The average molecular weight is 507 g/mol. The molecule has 0 aliphatic heterocycles. The van der Waals surface area contributed by atoms with Gasteiger partial charge in [-0.2, -0.15) is 5.10 Å². The number of benzene rings is 1. The van der Waals surface area contributed by atoms with Gasteiger partial charge in [0.1, 0.15) is 23.6 Å². The summed E-state index contributed by atoms with van der Waals surface area (Å²) < 4.78 is 11.3. The fourth-order valence-corrected chi connectivity index (χ4v) is 4.26. The molecule has 5 heterocycles. The van der Waals surface area contributed by atoms with Crippen molar-refractivity contribution in [2.45, 2.75) is 0 Å². The lowest BCUT2D eigenvalue weighted by Crippen LogP contribution is -2.19. The van der Waals surface area contributed by atoms with Gasteiger partial charge in [-0.3, -0.25) is 15.1 Å². The molecule has 0 radical (unpaired) electrons. The number of likely N-dealkylation sites (N-methyl/N-ethyl adjacent to an activating group) is 1. The zero-order chi connectivity index (χ0) is 26.1. The predicted octanol–water partition coefficient (Wildman–Crippen LogP) is 4.57. The summed E-state index contributed by atoms with van der Waals surface area (Å²) in [5.41, 5.74) is 7.22. The molecule has 0 amide bonds. The second kappa shape index (κ2) is 9.91. The van der Waals surface area contributed by atoms with Gasteiger partial charge in [0.15, 0.2) is 11.5 Å². The third-order valence-corrected chi connectivity index (χ3v) is 6.22. The number of methoxy groups -OCH3 is 1. The molecule has 0 atom stereocenters. The van der Waals surface area contributed by atoms with Crippen LogP contribution in [0.15, 0.2) is 67.3 Å². The molecule has 0 saturated carbocycles. The highest BCUT2D eigenvalue weighted by molar-refractivity contribution is 5.95. The highest BCUT2D eigenvalue weighted by Crippen LogP contribution is 2.32. The Kier molecular flexibility index (Phi) is 6.14. The first kappa shape index (κ1) is 23.6. The van der Waals surface area contributed by atoms with Gasteiger partial charge in [-0.15, -0.1) is 0 Å². The highest BCUT2D eigenvalue weighted by Gasteiger charge is 2.17. The first-order valence-corrected chi connectivity index (χ1v) is 12.2. The lowest BCUT2D eigenvalue weighted by atomic mass is 10.1. The monoisotopic (exact) mass is 506 g/mol. The second-order valence-electron chi connectivity index (χ2n) is 9.13. The molecule has 38 heavy (non-hydrogen) atoms. The molecule has 1 aromatic carbocycles. The van der Waals surface area contributed by atoms with Crippen LogP contribution in [-0.4, -0.2) is 74.4 Å². The number of imidazole rings is 1. The summed E-state index contributed by atoms with van der Waals surface area (Å²) in [5, 5.41) is 7.60. The van der Waals surface area contributed by atoms with E-state index in [1.54, 1.807) is 31.9 Å². The van der Waals surface area contributed by atoms with Crippen LogP contribution < -0.4 is 9.47 Å². The van der Waals surface area contributed by atoms with Crippen molar-refractivity contribution in [3.05, 3.63) is 67.3 Å². The topological polar surface area (TPSA) is 118 Å². The summed E-state index contributed by atoms with van der Waals surface area (Å²) in [7, 11) is 5.68. The Morgan fingerprint density at radius 1 is 0.842 bits per heavy atom. The van der Waals surface area contributed by atoms with E-state index in [1.807, 2.05) is 56.6 Å². The van der Waals surface area contributed by atoms with Crippen LogP contribution in [0.4, 0.5) is 0 Å². The standard InChI is InChI=1S/C28H26N8O2/c1-36(2)9-10-38-20-12-18(13-29-14-20)22-7-8-23-26(31-22)27(35-34-23)28-32-24-16-30-15-21(25(24)33-28)17-5-4-6-19(11-17)37-3/h4-8,11-16H,9-10H2,1-3H3,(H,32,33)(H,34,35). The Morgan fingerprint density at radius 2 is 1.71 bits per heavy atom. The third kappa shape index (κ3) is 4.53. The summed E-state index contributed by atoms with van der Waals surface area (Å²) in [5.74, 6) is 2.08. The van der Waals surface area contributed by atoms with Crippen LogP contribution in [0.5, 0.6) is 11.5 Å². The van der Waals surface area contributed by atoms with Crippen molar-refractivity contribution < 1.29 is 9.47 Å². The van der Waals surface area contributed by atoms with E-state index in [4.69, 9.17) is 19.4 Å². The predicted molar refractivity (Wildman–Crippen MR) is 146 cm³/mol. The van der Waals surface area contributed by atoms with Crippen LogP contribution in [-0.2, 0) is 0 Å². The number of aromatic amines is 2. The average Bonchev–Trinajstić information content (AvgIpc) is 3.56. The number of nitrogens with one attached hydrogen (secondary N) is 2. The van der Waals surface area contributed by atoms with E-state index in [1.165, 1.54) is 0 Å². The van der Waals surface area contributed by atoms with Crippen molar-refractivity contribution >= 4 is 22.1 Å². The summed E-state index contributed by atoms with van der Waals surface area (Å²) in [6.07, 6.45) is 7.06. The van der Waals surface area contributed by atoms with Crippen molar-refractivity contribution in [2.75, 3.05) is 34.4 Å². The maximum atomic E-state index is 5.86. The number of hydrogen-bond donors (Lipinski definition) is 2. The number of H-pyrrole nitrogens is 2. The minimum atomic E-state index is 0.579. The van der Waals surface area contributed by atoms with E-state index < -0.39 is 0 Å². The fraction of sp³-hybridized carbons (Fsp3) is 0.179. The van der Waals surface area contributed by atoms with Crippen molar-refractivity contribution in [2.24, 2.45) is 0 Å². The molecule has 0 aliphatic rings. The van der Waals surface area contributed by atoms with Crippen LogP contribution in [0.1, 0.15) is 0 Å². The normalized spacial score (nSPS) is 11.5. The number of pyridine rings is 3. The van der Waals surface area contributed by atoms with E-state index in [0.717, 1.165) is 51.2 Å². The van der Waals surface area contributed by atoms with E-state index in [2.05, 4.69) is 30.0 Å². The Hall–Kier alpha value is -4.83. The van der Waals surface area contributed by atoms with Gasteiger partial charge in [0.05, 0.1) is 41.7 Å². The van der Waals surface area contributed by atoms with Gasteiger partial charge in [-0.1, -0.05) is 12.1 Å². The largest absolute Gasteiger partial charge is 0.497 e. The van der Waals surface area contributed by atoms with Crippen molar-refractivity contribution in [1.82, 2.24) is 40.0 Å². The SMILES string of the molecule is COc1cccc(-c2cncc3[nH]c(-c4n[nH]c5ccc(-c6cncc(OCCN(C)C)c6)nc45)nc23)c1. The molecule has 2 N–H and O–H groups in total. The molecule has 0 aliphatic carbocycles. The zero-order valence-electron chi connectivity index (χ0n) is 21.3. The molecular formula is C28H26N8O2. The van der Waals surface area contributed by atoms with Crippen LogP contribution in [0.25, 0.3) is 56.0 Å². The molecule has 10 heteroatoms. The Balaban J connectivity index is 1.37. The quantitative estimate of drug-likeness (QED) is 0.308. The van der Waals surface area contributed by atoms with Gasteiger partial charge in [0.25, 0.3) is 0 Å². The number of nitrogens with zero attached hydrogens (tertiary/aromatic N) is 6. The first-order chi connectivity index (χ1) is 18.6. The highest BCUT2D eigenvalue weighted by atomic mass is 16.5.